The number of nitrogens with two attached hydrogens (primary N) is 2. The van der Waals surface area contributed by atoms with E-state index in [-0.39, 0.29) is 17.8 Å². The molecule has 1 fully saturated rings. The van der Waals surface area contributed by atoms with Gasteiger partial charge in [-0.15, -0.1) is 5.06 Å². The molecular weight excluding hydrogens is 538 g/mol. The van der Waals surface area contributed by atoms with Crippen molar-refractivity contribution in [3.05, 3.63) is 0 Å². The fourth-order valence-corrected chi connectivity index (χ4v) is 3.74. The van der Waals surface area contributed by atoms with E-state index in [9.17, 15) is 25.5 Å². The van der Waals surface area contributed by atoms with Crippen molar-refractivity contribution in [1.82, 2.24) is 15.7 Å². The Hall–Kier alpha value is -0.440. The number of aliphatic hydroxyl groups is 5. The Morgan fingerprint density at radius 3 is 1.62 bits per heavy atom. The smallest absolute Gasteiger partial charge is 0.177 e. The molecule has 0 radical (unpaired) electrons. The van der Waals surface area contributed by atoms with Crippen LogP contribution in [0.25, 0.3) is 0 Å². The Morgan fingerprint density at radius 2 is 1.24 bits per heavy atom. The lowest BCUT2D eigenvalue weighted by molar-refractivity contribution is -0.347. The zero-order valence-corrected chi connectivity index (χ0v) is 28.5. The number of rotatable bonds is 19. The standard InChI is InChI=1S/C15H34N2O2.C9H19NO4.C4H11N.C3H9N/c1-5-8-10-17-15(19)13(7-3)11-12(4)14(18)16-9-6-2;1-3-6(2)9(13)14-10-7(11)4-5-8(10)12;1-2-3-4-5;1-2-3-4/h12-19H,5-11H2,1-4H3;6-9,11-13H,3-5H2,1-2H3;2-5H2,1H3;2-4H2,1H3. The molecule has 258 valence electrons. The first kappa shape index (κ1) is 46.0. The summed E-state index contributed by atoms with van der Waals surface area (Å²) >= 11 is 0. The van der Waals surface area contributed by atoms with Gasteiger partial charge in [0, 0.05) is 5.92 Å². The predicted octanol–water partition coefficient (Wildman–Crippen LogP) is 3.18. The molecule has 8 atom stereocenters. The summed E-state index contributed by atoms with van der Waals surface area (Å²) in [5.41, 5.74) is 10.2. The summed E-state index contributed by atoms with van der Waals surface area (Å²) in [6.45, 7) is 19.7. The maximum absolute atomic E-state index is 10.1. The summed E-state index contributed by atoms with van der Waals surface area (Å²) in [6.07, 6.45) is 6.64. The number of nitrogens with zero attached hydrogens (tertiary/aromatic N) is 1. The van der Waals surface area contributed by atoms with Crippen molar-refractivity contribution in [2.75, 3.05) is 26.2 Å². The molecule has 1 heterocycles. The first-order valence-electron chi connectivity index (χ1n) is 16.7. The van der Waals surface area contributed by atoms with Crippen LogP contribution in [0.5, 0.6) is 0 Å². The van der Waals surface area contributed by atoms with Crippen molar-refractivity contribution in [2.45, 2.75) is 157 Å². The molecule has 1 aliphatic rings. The van der Waals surface area contributed by atoms with Crippen LogP contribution in [-0.2, 0) is 4.84 Å². The third-order valence-electron chi connectivity index (χ3n) is 7.15. The molecule has 1 aliphatic heterocycles. The Morgan fingerprint density at radius 1 is 0.714 bits per heavy atom. The molecule has 0 aromatic rings. The second-order valence-electron chi connectivity index (χ2n) is 11.2. The van der Waals surface area contributed by atoms with Gasteiger partial charge in [0.25, 0.3) is 0 Å². The summed E-state index contributed by atoms with van der Waals surface area (Å²) in [6, 6.07) is 0. The van der Waals surface area contributed by atoms with Gasteiger partial charge in [-0.05, 0) is 95.8 Å². The van der Waals surface area contributed by atoms with E-state index in [2.05, 4.69) is 45.3 Å². The van der Waals surface area contributed by atoms with Gasteiger partial charge in [-0.2, -0.15) is 0 Å². The Labute approximate surface area is 258 Å². The fraction of sp³-hybridized carbons (Fsp3) is 1.00. The average molecular weight is 612 g/mol. The minimum atomic E-state index is -0.970. The third kappa shape index (κ3) is 24.9. The summed E-state index contributed by atoms with van der Waals surface area (Å²) in [5, 5.41) is 55.8. The van der Waals surface area contributed by atoms with E-state index in [1.807, 2.05) is 20.8 Å². The van der Waals surface area contributed by atoms with Crippen LogP contribution >= 0.6 is 0 Å². The van der Waals surface area contributed by atoms with Gasteiger partial charge >= 0.3 is 0 Å². The predicted molar refractivity (Wildman–Crippen MR) is 174 cm³/mol. The molecule has 0 aliphatic carbocycles. The van der Waals surface area contributed by atoms with Gasteiger partial charge in [0.15, 0.2) is 6.29 Å². The summed E-state index contributed by atoms with van der Waals surface area (Å²) < 4.78 is 0. The van der Waals surface area contributed by atoms with Gasteiger partial charge in [0.2, 0.25) is 0 Å². The van der Waals surface area contributed by atoms with E-state index in [1.165, 1.54) is 12.8 Å². The Kier molecular flexibility index (Phi) is 35.0. The number of unbranched alkanes of at least 4 members (excludes halogenated alkanes) is 2. The molecule has 11 heteroatoms. The topological polar surface area (TPSA) is 190 Å². The molecule has 0 aromatic carbocycles. The molecule has 0 saturated carbocycles. The van der Waals surface area contributed by atoms with Crippen molar-refractivity contribution in [3.63, 3.8) is 0 Å². The maximum atomic E-state index is 10.1. The second kappa shape index (κ2) is 32.0. The fourth-order valence-electron chi connectivity index (χ4n) is 3.74. The Balaban J connectivity index is -0.000000573. The lowest BCUT2D eigenvalue weighted by Gasteiger charge is -2.28. The zero-order valence-electron chi connectivity index (χ0n) is 28.5. The van der Waals surface area contributed by atoms with E-state index in [0.29, 0.717) is 12.8 Å². The van der Waals surface area contributed by atoms with Crippen LogP contribution in [0, 0.1) is 17.8 Å². The van der Waals surface area contributed by atoms with E-state index in [1.54, 1.807) is 0 Å². The van der Waals surface area contributed by atoms with Gasteiger partial charge in [-0.1, -0.05) is 68.2 Å². The summed E-state index contributed by atoms with van der Waals surface area (Å²) in [7, 11) is 0. The minimum absolute atomic E-state index is 0.0185. The van der Waals surface area contributed by atoms with Crippen LogP contribution in [0.4, 0.5) is 0 Å². The number of hydrogen-bond acceptors (Lipinski definition) is 11. The van der Waals surface area contributed by atoms with E-state index in [0.717, 1.165) is 76.2 Å². The molecule has 11 N–H and O–H groups in total. The van der Waals surface area contributed by atoms with Crippen molar-refractivity contribution in [3.8, 4) is 0 Å². The average Bonchev–Trinajstić information content (AvgIpc) is 3.31. The second-order valence-corrected chi connectivity index (χ2v) is 11.2. The first-order chi connectivity index (χ1) is 19.9. The molecule has 42 heavy (non-hydrogen) atoms. The van der Waals surface area contributed by atoms with Crippen LogP contribution in [-0.4, -0.2) is 88.0 Å². The lowest BCUT2D eigenvalue weighted by Crippen LogP contribution is -2.41. The van der Waals surface area contributed by atoms with Crippen LogP contribution in [0.2, 0.25) is 0 Å². The van der Waals surface area contributed by atoms with Gasteiger partial charge in [0.05, 0.1) is 0 Å². The lowest BCUT2D eigenvalue weighted by atomic mass is 9.91. The van der Waals surface area contributed by atoms with Crippen LogP contribution in [0.15, 0.2) is 0 Å². The summed E-state index contributed by atoms with van der Waals surface area (Å²) in [4.78, 5) is 5.08. The van der Waals surface area contributed by atoms with Gasteiger partial charge in [0.1, 0.15) is 24.9 Å². The van der Waals surface area contributed by atoms with Gasteiger partial charge in [-0.25, -0.2) is 0 Å². The van der Waals surface area contributed by atoms with Gasteiger partial charge in [-0.3, -0.25) is 15.5 Å². The molecular formula is C31H73N5O6. The molecule has 0 amide bonds. The molecule has 8 unspecified atom stereocenters. The number of hydrogen-bond donors (Lipinski definition) is 9. The number of hydroxylamine groups is 2. The molecule has 0 aromatic heterocycles. The highest BCUT2D eigenvalue weighted by Gasteiger charge is 2.34. The number of aliphatic hydroxyl groups excluding tert-OH is 5. The highest BCUT2D eigenvalue weighted by atomic mass is 16.8. The summed E-state index contributed by atoms with van der Waals surface area (Å²) in [5.74, 6) is 0.332. The largest absolute Gasteiger partial charge is 0.378 e. The van der Waals surface area contributed by atoms with Crippen molar-refractivity contribution in [2.24, 2.45) is 29.2 Å². The normalized spacial score (nSPS) is 20.9. The van der Waals surface area contributed by atoms with Crippen molar-refractivity contribution >= 4 is 0 Å². The van der Waals surface area contributed by atoms with Crippen molar-refractivity contribution in [1.29, 1.82) is 0 Å². The Bertz CT molecular complexity index is 526. The van der Waals surface area contributed by atoms with Crippen LogP contribution in [0.3, 0.4) is 0 Å². The van der Waals surface area contributed by atoms with Gasteiger partial charge < -0.3 is 37.0 Å². The molecule has 11 nitrogen and oxygen atoms in total. The third-order valence-corrected chi connectivity index (χ3v) is 7.15. The SMILES string of the molecule is CCC(C)C(O)ON1C(O)CCC1O.CCCCN.CCCCNC(O)C(CC)CC(C)C(O)NCCC.CCCN. The van der Waals surface area contributed by atoms with E-state index in [4.69, 9.17) is 16.3 Å². The first-order valence-corrected chi connectivity index (χ1v) is 16.7. The quantitative estimate of drug-likeness (QED) is 0.0770. The minimum Gasteiger partial charge on any atom is -0.378 e. The van der Waals surface area contributed by atoms with E-state index < -0.39 is 31.2 Å². The monoisotopic (exact) mass is 612 g/mol. The highest BCUT2D eigenvalue weighted by molar-refractivity contribution is 4.72. The molecule has 0 bridgehead atoms. The van der Waals surface area contributed by atoms with Crippen LogP contribution < -0.4 is 22.1 Å². The number of nitrogens with one attached hydrogen (secondary N) is 2. The zero-order chi connectivity index (χ0) is 32.9. The molecule has 1 rings (SSSR count). The molecule has 0 spiro atoms. The molecule has 1 saturated heterocycles. The van der Waals surface area contributed by atoms with Crippen molar-refractivity contribution < 1.29 is 30.4 Å². The maximum Gasteiger partial charge on any atom is 0.177 e. The van der Waals surface area contributed by atoms with Crippen LogP contribution in [0.1, 0.15) is 126 Å². The highest BCUT2D eigenvalue weighted by Crippen LogP contribution is 2.23. The van der Waals surface area contributed by atoms with E-state index >= 15 is 0 Å².